The summed E-state index contributed by atoms with van der Waals surface area (Å²) in [6.45, 7) is 4.53. The molecule has 0 aromatic carbocycles. The number of carboxylic acids is 1. The third kappa shape index (κ3) is 2.62. The van der Waals surface area contributed by atoms with Crippen molar-refractivity contribution in [2.75, 3.05) is 6.61 Å². The van der Waals surface area contributed by atoms with E-state index >= 15 is 0 Å². The summed E-state index contributed by atoms with van der Waals surface area (Å²) in [6.07, 6.45) is 4.10. The fourth-order valence-corrected chi connectivity index (χ4v) is 4.83. The number of carbonyl (C=O) groups is 2. The molecule has 20 heavy (non-hydrogen) atoms. The number of rotatable bonds is 5. The molecule has 2 fully saturated rings. The Bertz CT molecular complexity index is 392. The summed E-state index contributed by atoms with van der Waals surface area (Å²) < 4.78 is 0. The van der Waals surface area contributed by atoms with Crippen molar-refractivity contribution in [3.8, 4) is 0 Å². The zero-order valence-electron chi connectivity index (χ0n) is 12.5. The van der Waals surface area contributed by atoms with Crippen LogP contribution in [-0.4, -0.2) is 28.6 Å². The molecule has 4 nitrogen and oxygen atoms in total. The molecule has 0 spiro atoms. The molecule has 2 aliphatic carbocycles. The number of fused-ring (bicyclic) bond motifs is 1. The van der Waals surface area contributed by atoms with Gasteiger partial charge in [0.1, 0.15) is 5.78 Å². The summed E-state index contributed by atoms with van der Waals surface area (Å²) in [5.41, 5.74) is 0.0965. The van der Waals surface area contributed by atoms with Gasteiger partial charge >= 0.3 is 5.97 Å². The van der Waals surface area contributed by atoms with Crippen LogP contribution in [0.5, 0.6) is 0 Å². The minimum absolute atomic E-state index is 0.0826. The molecule has 2 rings (SSSR count). The highest BCUT2D eigenvalue weighted by molar-refractivity contribution is 5.83. The van der Waals surface area contributed by atoms with Gasteiger partial charge in [0.15, 0.2) is 0 Å². The van der Waals surface area contributed by atoms with Crippen LogP contribution in [0.3, 0.4) is 0 Å². The third-order valence-electron chi connectivity index (χ3n) is 5.94. The highest BCUT2D eigenvalue weighted by Gasteiger charge is 2.54. The fraction of sp³-hybridized carbons (Fsp3) is 0.875. The van der Waals surface area contributed by atoms with E-state index in [-0.39, 0.29) is 36.1 Å². The van der Waals surface area contributed by atoms with Crippen LogP contribution in [-0.2, 0) is 9.59 Å². The summed E-state index contributed by atoms with van der Waals surface area (Å²) in [7, 11) is 0. The summed E-state index contributed by atoms with van der Waals surface area (Å²) in [5, 5.41) is 18.3. The van der Waals surface area contributed by atoms with E-state index < -0.39 is 5.97 Å². The lowest BCUT2D eigenvalue weighted by atomic mass is 9.58. The Kier molecular flexibility index (Phi) is 4.52. The quantitative estimate of drug-likeness (QED) is 0.812. The highest BCUT2D eigenvalue weighted by Crippen LogP contribution is 2.59. The highest BCUT2D eigenvalue weighted by atomic mass is 16.4. The largest absolute Gasteiger partial charge is 0.481 e. The van der Waals surface area contributed by atoms with Crippen LogP contribution in [0.25, 0.3) is 0 Å². The SMILES string of the molecule is C[C@H](CO)[C@H]1CC[C@H]2[C@H](CCC(=O)O)C(=O)CC[C@]12C. The number of ketones is 1. The first-order valence-electron chi connectivity index (χ1n) is 7.75. The van der Waals surface area contributed by atoms with Crippen LogP contribution in [0.1, 0.15) is 52.4 Å². The monoisotopic (exact) mass is 282 g/mol. The van der Waals surface area contributed by atoms with Crippen LogP contribution >= 0.6 is 0 Å². The number of carboxylic acid groups (broad SMARTS) is 1. The van der Waals surface area contributed by atoms with Crippen molar-refractivity contribution >= 4 is 11.8 Å². The maximum Gasteiger partial charge on any atom is 0.303 e. The van der Waals surface area contributed by atoms with Gasteiger partial charge in [0, 0.05) is 25.4 Å². The second kappa shape index (κ2) is 5.84. The van der Waals surface area contributed by atoms with E-state index in [1.807, 2.05) is 0 Å². The molecule has 0 bridgehead atoms. The smallest absolute Gasteiger partial charge is 0.303 e. The van der Waals surface area contributed by atoms with E-state index in [1.54, 1.807) is 0 Å². The van der Waals surface area contributed by atoms with Crippen LogP contribution in [0.15, 0.2) is 0 Å². The Balaban J connectivity index is 2.16. The Morgan fingerprint density at radius 2 is 2.15 bits per heavy atom. The first-order valence-corrected chi connectivity index (χ1v) is 7.75. The molecular formula is C16H26O4. The number of aliphatic hydroxyl groups is 1. The fourth-order valence-electron chi connectivity index (χ4n) is 4.83. The van der Waals surface area contributed by atoms with Gasteiger partial charge in [0.25, 0.3) is 0 Å². The van der Waals surface area contributed by atoms with Crippen molar-refractivity contribution in [2.45, 2.75) is 52.4 Å². The number of hydrogen-bond acceptors (Lipinski definition) is 3. The van der Waals surface area contributed by atoms with E-state index in [2.05, 4.69) is 13.8 Å². The molecule has 2 aliphatic rings. The maximum absolute atomic E-state index is 12.2. The van der Waals surface area contributed by atoms with Gasteiger partial charge in [-0.1, -0.05) is 13.8 Å². The van der Waals surface area contributed by atoms with Gasteiger partial charge < -0.3 is 10.2 Å². The standard InChI is InChI=1S/C16H26O4/c1-10(9-17)12-4-5-13-11(3-6-15(19)20)14(18)7-8-16(12,13)2/h10-13,17H,3-9H2,1-2H3,(H,19,20)/t10-,11+,12-,13+,16-/m1/s1. The van der Waals surface area contributed by atoms with Gasteiger partial charge in [0.05, 0.1) is 0 Å². The topological polar surface area (TPSA) is 74.6 Å². The first-order chi connectivity index (χ1) is 9.40. The van der Waals surface area contributed by atoms with Crippen LogP contribution < -0.4 is 0 Å². The van der Waals surface area contributed by atoms with Crippen molar-refractivity contribution in [3.63, 3.8) is 0 Å². The van der Waals surface area contributed by atoms with E-state index in [1.165, 1.54) is 0 Å². The number of aliphatic carboxylic acids is 1. The minimum Gasteiger partial charge on any atom is -0.481 e. The van der Waals surface area contributed by atoms with Gasteiger partial charge in [0.2, 0.25) is 0 Å². The molecule has 5 atom stereocenters. The molecule has 4 heteroatoms. The van der Waals surface area contributed by atoms with Gasteiger partial charge in [-0.05, 0) is 48.9 Å². The van der Waals surface area contributed by atoms with Gasteiger partial charge in [-0.15, -0.1) is 0 Å². The molecule has 114 valence electrons. The maximum atomic E-state index is 12.2. The molecule has 0 heterocycles. The Labute approximate surface area is 120 Å². The van der Waals surface area contributed by atoms with Crippen molar-refractivity contribution in [2.24, 2.45) is 29.1 Å². The molecule has 0 radical (unpaired) electrons. The summed E-state index contributed by atoms with van der Waals surface area (Å²) in [6, 6.07) is 0. The third-order valence-corrected chi connectivity index (χ3v) is 5.94. The lowest BCUT2D eigenvalue weighted by Crippen LogP contribution is -2.43. The van der Waals surface area contributed by atoms with E-state index in [9.17, 15) is 14.7 Å². The molecule has 0 unspecified atom stereocenters. The average Bonchev–Trinajstić information content (AvgIpc) is 2.75. The van der Waals surface area contributed by atoms with E-state index in [4.69, 9.17) is 5.11 Å². The number of Topliss-reactive ketones (excluding diaryl/α,β-unsaturated/α-hetero) is 1. The Morgan fingerprint density at radius 1 is 1.45 bits per heavy atom. The molecule has 0 aliphatic heterocycles. The van der Waals surface area contributed by atoms with Crippen LogP contribution in [0.2, 0.25) is 0 Å². The van der Waals surface area contributed by atoms with Gasteiger partial charge in [-0.2, -0.15) is 0 Å². The number of hydrogen-bond donors (Lipinski definition) is 2. The molecule has 0 aromatic rings. The lowest BCUT2D eigenvalue weighted by Gasteiger charge is -2.45. The van der Waals surface area contributed by atoms with Crippen LogP contribution in [0, 0.1) is 29.1 Å². The number of carbonyl (C=O) groups excluding carboxylic acids is 1. The molecule has 0 saturated heterocycles. The summed E-state index contributed by atoms with van der Waals surface area (Å²) >= 11 is 0. The van der Waals surface area contributed by atoms with Gasteiger partial charge in [-0.25, -0.2) is 0 Å². The molecular weight excluding hydrogens is 256 g/mol. The zero-order chi connectivity index (χ0) is 14.9. The van der Waals surface area contributed by atoms with Crippen molar-refractivity contribution in [1.82, 2.24) is 0 Å². The average molecular weight is 282 g/mol. The molecule has 0 aromatic heterocycles. The minimum atomic E-state index is -0.816. The summed E-state index contributed by atoms with van der Waals surface area (Å²) in [5.74, 6) is 0.383. The van der Waals surface area contributed by atoms with Crippen molar-refractivity contribution in [3.05, 3.63) is 0 Å². The molecule has 2 saturated carbocycles. The normalized spacial score (nSPS) is 38.5. The van der Waals surface area contributed by atoms with Crippen molar-refractivity contribution < 1.29 is 19.8 Å². The Hall–Kier alpha value is -0.900. The van der Waals surface area contributed by atoms with Crippen LogP contribution in [0.4, 0.5) is 0 Å². The molecule has 0 amide bonds. The zero-order valence-corrected chi connectivity index (χ0v) is 12.5. The molecule has 2 N–H and O–H groups in total. The second-order valence-corrected chi connectivity index (χ2v) is 6.96. The summed E-state index contributed by atoms with van der Waals surface area (Å²) in [4.78, 5) is 23.0. The van der Waals surface area contributed by atoms with Crippen molar-refractivity contribution in [1.29, 1.82) is 0 Å². The predicted octanol–water partition coefficient (Wildman–Crippen LogP) is 2.49. The Morgan fingerprint density at radius 3 is 2.75 bits per heavy atom. The first kappa shape index (κ1) is 15.5. The van der Waals surface area contributed by atoms with Gasteiger partial charge in [-0.3, -0.25) is 9.59 Å². The van der Waals surface area contributed by atoms with E-state index in [0.29, 0.717) is 24.7 Å². The van der Waals surface area contributed by atoms with E-state index in [0.717, 1.165) is 19.3 Å². The second-order valence-electron chi connectivity index (χ2n) is 6.96. The number of aliphatic hydroxyl groups excluding tert-OH is 1. The lowest BCUT2D eigenvalue weighted by molar-refractivity contribution is -0.139. The predicted molar refractivity (Wildman–Crippen MR) is 75.2 cm³/mol.